The fourth-order valence-electron chi connectivity index (χ4n) is 1.65. The summed E-state index contributed by atoms with van der Waals surface area (Å²) in [5.41, 5.74) is -1.91. The summed E-state index contributed by atoms with van der Waals surface area (Å²) in [6.45, 7) is 5.21. The summed E-state index contributed by atoms with van der Waals surface area (Å²) < 4.78 is 0. The van der Waals surface area contributed by atoms with Gasteiger partial charge in [0.2, 0.25) is 11.8 Å². The molecule has 0 rings (SSSR count). The molecule has 2 unspecified atom stereocenters. The Labute approximate surface area is 216 Å². The Morgan fingerprint density at radius 1 is 0.750 bits per heavy atom. The molecule has 184 valence electrons. The topological polar surface area (TPSA) is 251 Å². The SMILES string of the molecule is CC(C)(CO)C(O)[13C](=O)[15NH][13CH2][13CH2]C(=O)[O-].CC(C)(CO)C(O)[13C](=O)[15NH][13CH2][13CH2]C(=O)[O-].O.[Ca+2]. The van der Waals surface area contributed by atoms with Crippen LogP contribution in [-0.2, 0) is 19.2 Å². The number of hydrogen-bond acceptors (Lipinski definition) is 10. The van der Waals surface area contributed by atoms with Crippen LogP contribution in [0.5, 0.6) is 0 Å². The monoisotopic (exact) mass is 502 g/mol. The van der Waals surface area contributed by atoms with E-state index >= 15 is 0 Å². The summed E-state index contributed by atoms with van der Waals surface area (Å²) in [6.07, 6.45) is -3.36. The van der Waals surface area contributed by atoms with Gasteiger partial charge < -0.3 is 56.3 Å². The van der Waals surface area contributed by atoms with Crippen molar-refractivity contribution in [1.82, 2.24) is 10.6 Å². The third-order valence-corrected chi connectivity index (χ3v) is 4.05. The summed E-state index contributed by atoms with van der Waals surface area (Å²) >= 11 is 0. The van der Waals surface area contributed by atoms with Crippen LogP contribution >= 0.6 is 0 Å². The fraction of sp³-hybridized carbons (Fsp3) is 0.778. The Morgan fingerprint density at radius 2 is 1.00 bits per heavy atom. The second-order valence-electron chi connectivity index (χ2n) is 7.92. The number of carboxylic acids is 2. The normalized spacial score (nSPS) is 12.5. The number of aliphatic hydroxyl groups excluding tert-OH is 4. The number of carboxylic acid groups (broad SMARTS) is 2. The zero-order valence-corrected chi connectivity index (χ0v) is 21.1. The molecular formula is C18H34CaN2O11. The van der Waals surface area contributed by atoms with Gasteiger partial charge in [-0.05, 0) is 0 Å². The number of hydrogen-bond donors (Lipinski definition) is 6. The second-order valence-corrected chi connectivity index (χ2v) is 7.92. The molecule has 0 saturated carbocycles. The number of rotatable bonds is 12. The largest absolute Gasteiger partial charge is 2.00 e. The van der Waals surface area contributed by atoms with E-state index in [9.17, 15) is 39.6 Å². The minimum absolute atomic E-state index is 0. The van der Waals surface area contributed by atoms with Crippen molar-refractivity contribution < 1.29 is 55.3 Å². The molecule has 0 saturated heterocycles. The van der Waals surface area contributed by atoms with Crippen LogP contribution < -0.4 is 20.8 Å². The molecule has 0 aromatic heterocycles. The molecule has 13 nitrogen and oxygen atoms in total. The smallest absolute Gasteiger partial charge is 0.550 e. The van der Waals surface area contributed by atoms with E-state index in [0.717, 1.165) is 0 Å². The summed E-state index contributed by atoms with van der Waals surface area (Å²) in [7, 11) is 0. The van der Waals surface area contributed by atoms with Gasteiger partial charge in [0.25, 0.3) is 0 Å². The summed E-state index contributed by atoms with van der Waals surface area (Å²) in [4.78, 5) is 42.6. The maximum absolute atomic E-state index is 11.2. The van der Waals surface area contributed by atoms with Gasteiger partial charge in [0.1, 0.15) is 12.2 Å². The molecule has 0 fully saturated rings. The second kappa shape index (κ2) is 18.4. The van der Waals surface area contributed by atoms with Gasteiger partial charge in [-0.15, -0.1) is 0 Å². The summed E-state index contributed by atoms with van der Waals surface area (Å²) in [6, 6.07) is 0. The number of nitrogens with one attached hydrogen (secondary N) is 2. The molecule has 0 aliphatic heterocycles. The van der Waals surface area contributed by atoms with Gasteiger partial charge in [0.15, 0.2) is 0 Å². The molecule has 0 aliphatic carbocycles. The van der Waals surface area contributed by atoms with Gasteiger partial charge >= 0.3 is 37.7 Å². The van der Waals surface area contributed by atoms with E-state index in [-0.39, 0.29) is 82.4 Å². The van der Waals surface area contributed by atoms with Crippen molar-refractivity contribution in [2.45, 2.75) is 52.7 Å². The molecule has 0 heterocycles. The zero-order valence-electron chi connectivity index (χ0n) is 18.8. The van der Waals surface area contributed by atoms with Crippen LogP contribution in [-0.4, -0.2) is 126 Å². The number of carbonyl (C=O) groups excluding carboxylic acids is 4. The molecule has 0 bridgehead atoms. The maximum atomic E-state index is 11.2. The van der Waals surface area contributed by atoms with Crippen LogP contribution in [0.15, 0.2) is 0 Å². The molecule has 0 spiro atoms. The first kappa shape index (κ1) is 38.2. The summed E-state index contributed by atoms with van der Waals surface area (Å²) in [5.74, 6) is -3.94. The average molecular weight is 502 g/mol. The van der Waals surface area contributed by atoms with Gasteiger partial charge in [0, 0.05) is 48.7 Å². The molecule has 2 amide bonds. The van der Waals surface area contributed by atoms with Crippen LogP contribution in [0.1, 0.15) is 40.5 Å². The Bertz CT molecular complexity index is 535. The third kappa shape index (κ3) is 16.6. The predicted octanol–water partition coefficient (Wildman–Crippen LogP) is -5.96. The van der Waals surface area contributed by atoms with Crippen LogP contribution in [0.2, 0.25) is 0 Å². The molecule has 0 radical (unpaired) electrons. The van der Waals surface area contributed by atoms with Crippen LogP contribution in [0, 0.1) is 10.8 Å². The Kier molecular flexibility index (Phi) is 21.9. The fourth-order valence-corrected chi connectivity index (χ4v) is 1.65. The number of aliphatic carboxylic acids is 2. The molecular weight excluding hydrogens is 468 g/mol. The Hall–Kier alpha value is -1.06. The summed E-state index contributed by atoms with van der Waals surface area (Å²) in [5, 5.41) is 61.3. The van der Waals surface area contributed by atoms with Crippen molar-refractivity contribution in [3.8, 4) is 0 Å². The van der Waals surface area contributed by atoms with E-state index in [1.807, 2.05) is 0 Å². The van der Waals surface area contributed by atoms with Crippen LogP contribution in [0.3, 0.4) is 0 Å². The van der Waals surface area contributed by atoms with E-state index < -0.39 is 46.8 Å². The molecule has 2 atom stereocenters. The van der Waals surface area contributed by atoms with E-state index in [4.69, 9.17) is 10.2 Å². The predicted molar refractivity (Wildman–Crippen MR) is 108 cm³/mol. The van der Waals surface area contributed by atoms with Gasteiger partial charge in [-0.3, -0.25) is 9.59 Å². The van der Waals surface area contributed by atoms with Crippen molar-refractivity contribution in [1.29, 1.82) is 0 Å². The van der Waals surface area contributed by atoms with Crippen LogP contribution in [0.25, 0.3) is 0 Å². The Morgan fingerprint density at radius 3 is 1.19 bits per heavy atom. The van der Waals surface area contributed by atoms with Crippen molar-refractivity contribution >= 4 is 61.5 Å². The first-order chi connectivity index (χ1) is 13.6. The number of carbonyl (C=O) groups is 4. The maximum Gasteiger partial charge on any atom is 2.00 e. The van der Waals surface area contributed by atoms with E-state index in [1.165, 1.54) is 27.7 Å². The van der Waals surface area contributed by atoms with E-state index in [0.29, 0.717) is 0 Å². The third-order valence-electron chi connectivity index (χ3n) is 4.05. The van der Waals surface area contributed by atoms with Gasteiger partial charge in [-0.2, -0.15) is 0 Å². The van der Waals surface area contributed by atoms with E-state index in [1.54, 1.807) is 0 Å². The molecule has 0 aromatic rings. The molecule has 8 N–H and O–H groups in total. The minimum Gasteiger partial charge on any atom is -0.550 e. The van der Waals surface area contributed by atoms with Crippen molar-refractivity contribution in [3.63, 3.8) is 0 Å². The number of aliphatic hydroxyl groups is 4. The number of amides is 2. The van der Waals surface area contributed by atoms with Crippen molar-refractivity contribution in [3.05, 3.63) is 0 Å². The van der Waals surface area contributed by atoms with Gasteiger partial charge in [0.05, 0.1) is 13.2 Å². The van der Waals surface area contributed by atoms with Crippen molar-refractivity contribution in [2.75, 3.05) is 26.3 Å². The standard InChI is InChI=1S/2C9H17NO5.Ca.H2O/c2*1-9(2,5-11)7(14)8(15)10-4-3-6(12)13;;/h2*7,11,14H,3-5H2,1-2H3,(H,10,15)(H,12,13);;1H2/q;;+2;/p-2/i2*3+1,4+1,8+1,10+1;;. The first-order valence-corrected chi connectivity index (χ1v) is 9.15. The van der Waals surface area contributed by atoms with Crippen molar-refractivity contribution in [2.24, 2.45) is 10.8 Å². The quantitative estimate of drug-likeness (QED) is 0.0836. The molecule has 14 heteroatoms. The molecule has 0 aliphatic rings. The van der Waals surface area contributed by atoms with Gasteiger partial charge in [-0.25, -0.2) is 0 Å². The molecule has 0 aromatic carbocycles. The van der Waals surface area contributed by atoms with Gasteiger partial charge in [-0.1, -0.05) is 27.7 Å². The van der Waals surface area contributed by atoms with E-state index in [2.05, 4.69) is 10.6 Å². The minimum atomic E-state index is -1.37. The first-order valence-electron chi connectivity index (χ1n) is 9.15. The van der Waals surface area contributed by atoms with Crippen LogP contribution in [0.4, 0.5) is 0 Å². The Balaban J connectivity index is -0.000000231. The zero-order chi connectivity index (χ0) is 24.1. The molecule has 32 heavy (non-hydrogen) atoms. The average Bonchev–Trinajstić information content (AvgIpc) is 2.66.